The van der Waals surface area contributed by atoms with Gasteiger partial charge in [-0.15, -0.1) is 0 Å². The number of aliphatic hydroxyl groups excluding tert-OH is 1. The minimum Gasteiger partial charge on any atom is -0.444 e. The highest BCUT2D eigenvalue weighted by Gasteiger charge is 2.31. The third-order valence-corrected chi connectivity index (χ3v) is 5.25. The van der Waals surface area contributed by atoms with Crippen LogP contribution in [0.2, 0.25) is 0 Å². The number of hydrogen-bond donors (Lipinski definition) is 2. The van der Waals surface area contributed by atoms with Gasteiger partial charge in [-0.25, -0.2) is 4.79 Å². The van der Waals surface area contributed by atoms with E-state index in [-0.39, 0.29) is 24.5 Å². The minimum atomic E-state index is -0.537. The van der Waals surface area contributed by atoms with Crippen LogP contribution < -0.4 is 5.32 Å². The van der Waals surface area contributed by atoms with Crippen molar-refractivity contribution in [2.45, 2.75) is 51.9 Å². The van der Waals surface area contributed by atoms with Gasteiger partial charge >= 0.3 is 6.09 Å². The van der Waals surface area contributed by atoms with E-state index < -0.39 is 11.6 Å². The van der Waals surface area contributed by atoms with E-state index in [4.69, 9.17) is 4.74 Å². The molecule has 1 atom stereocenters. The molecule has 0 bridgehead atoms. The molecule has 166 valence electrons. The maximum atomic E-state index is 13.1. The molecular formula is C24H31N3O4. The fraction of sp³-hybridized carbons (Fsp3) is 0.458. The number of benzene rings is 1. The molecule has 1 aliphatic rings. The van der Waals surface area contributed by atoms with E-state index in [1.54, 1.807) is 11.1 Å². The first-order valence-electron chi connectivity index (χ1n) is 10.7. The molecule has 7 nitrogen and oxygen atoms in total. The van der Waals surface area contributed by atoms with E-state index in [1.807, 2.05) is 63.2 Å². The van der Waals surface area contributed by atoms with E-state index in [9.17, 15) is 14.7 Å². The van der Waals surface area contributed by atoms with Crippen molar-refractivity contribution < 1.29 is 19.4 Å². The Morgan fingerprint density at radius 2 is 1.94 bits per heavy atom. The first-order valence-corrected chi connectivity index (χ1v) is 10.7. The monoisotopic (exact) mass is 425 g/mol. The smallest absolute Gasteiger partial charge is 0.410 e. The molecule has 2 N–H and O–H groups in total. The normalized spacial score (nSPS) is 15.9. The summed E-state index contributed by atoms with van der Waals surface area (Å²) in [7, 11) is 0. The van der Waals surface area contributed by atoms with Crippen LogP contribution in [0.15, 0.2) is 48.7 Å². The van der Waals surface area contributed by atoms with E-state index in [2.05, 4.69) is 10.3 Å². The van der Waals surface area contributed by atoms with Gasteiger partial charge in [-0.3, -0.25) is 9.78 Å². The zero-order valence-corrected chi connectivity index (χ0v) is 18.4. The van der Waals surface area contributed by atoms with Gasteiger partial charge in [-0.1, -0.05) is 30.3 Å². The second-order valence-corrected chi connectivity index (χ2v) is 8.84. The highest BCUT2D eigenvalue weighted by atomic mass is 16.6. The predicted octanol–water partition coefficient (Wildman–Crippen LogP) is 3.43. The number of piperidine rings is 1. The highest BCUT2D eigenvalue weighted by molar-refractivity contribution is 5.80. The third-order valence-electron chi connectivity index (χ3n) is 5.25. The molecule has 0 saturated carbocycles. The molecule has 7 heteroatoms. The van der Waals surface area contributed by atoms with Gasteiger partial charge in [0.15, 0.2) is 0 Å². The van der Waals surface area contributed by atoms with Gasteiger partial charge in [0, 0.05) is 25.2 Å². The van der Waals surface area contributed by atoms with Gasteiger partial charge in [0.05, 0.1) is 18.3 Å². The van der Waals surface area contributed by atoms with Crippen LogP contribution in [0.25, 0.3) is 0 Å². The molecule has 0 aliphatic carbocycles. The van der Waals surface area contributed by atoms with Crippen LogP contribution in [0.3, 0.4) is 0 Å². The standard InChI is InChI=1S/C24H31N3O4/c1-24(2,3)31-23(30)27-13-10-18(11-14-27)22(29)26-21(20-9-4-5-12-25-20)19-8-6-7-17(15-19)16-28/h4-9,12,15,18,21,28H,10-11,13-14,16H2,1-3H3,(H,26,29). The van der Waals surface area contributed by atoms with Gasteiger partial charge in [0.25, 0.3) is 0 Å². The summed E-state index contributed by atoms with van der Waals surface area (Å²) < 4.78 is 5.43. The van der Waals surface area contributed by atoms with E-state index in [0.29, 0.717) is 25.9 Å². The summed E-state index contributed by atoms with van der Waals surface area (Å²) in [5.41, 5.74) is 1.84. The Kier molecular flexibility index (Phi) is 7.28. The fourth-order valence-corrected chi connectivity index (χ4v) is 3.66. The summed E-state index contributed by atoms with van der Waals surface area (Å²) in [4.78, 5) is 31.5. The third kappa shape index (κ3) is 6.28. The summed E-state index contributed by atoms with van der Waals surface area (Å²) in [6.45, 7) is 6.43. The number of amides is 2. The summed E-state index contributed by atoms with van der Waals surface area (Å²) >= 11 is 0. The highest BCUT2D eigenvalue weighted by Crippen LogP contribution is 2.25. The molecular weight excluding hydrogens is 394 g/mol. The predicted molar refractivity (Wildman–Crippen MR) is 117 cm³/mol. The Morgan fingerprint density at radius 1 is 1.19 bits per heavy atom. The Hall–Kier alpha value is -2.93. The Morgan fingerprint density at radius 3 is 2.55 bits per heavy atom. The van der Waals surface area contributed by atoms with Crippen LogP contribution in [-0.2, 0) is 16.1 Å². The SMILES string of the molecule is CC(C)(C)OC(=O)N1CCC(C(=O)NC(c2cccc(CO)c2)c2ccccn2)CC1. The number of rotatable bonds is 5. The summed E-state index contributed by atoms with van der Waals surface area (Å²) in [5.74, 6) is -0.250. The first kappa shape index (κ1) is 22.7. The summed E-state index contributed by atoms with van der Waals surface area (Å²) in [6, 6.07) is 12.7. The minimum absolute atomic E-state index is 0.0612. The maximum absolute atomic E-state index is 13.1. The lowest BCUT2D eigenvalue weighted by molar-refractivity contribution is -0.127. The molecule has 1 aromatic heterocycles. The average Bonchev–Trinajstić information content (AvgIpc) is 2.77. The second kappa shape index (κ2) is 9.92. The fourth-order valence-electron chi connectivity index (χ4n) is 3.66. The zero-order valence-electron chi connectivity index (χ0n) is 18.4. The molecule has 1 saturated heterocycles. The van der Waals surface area contributed by atoms with Gasteiger partial charge in [-0.05, 0) is 56.9 Å². The summed E-state index contributed by atoms with van der Waals surface area (Å²) in [6.07, 6.45) is 2.52. The van der Waals surface area contributed by atoms with Crippen LogP contribution >= 0.6 is 0 Å². The summed E-state index contributed by atoms with van der Waals surface area (Å²) in [5, 5.41) is 12.6. The lowest BCUT2D eigenvalue weighted by Crippen LogP contribution is -2.45. The van der Waals surface area contributed by atoms with E-state index in [0.717, 1.165) is 16.8 Å². The molecule has 1 aliphatic heterocycles. The molecule has 0 radical (unpaired) electrons. The Bertz CT molecular complexity index is 887. The zero-order chi connectivity index (χ0) is 22.4. The number of ether oxygens (including phenoxy) is 1. The molecule has 2 heterocycles. The maximum Gasteiger partial charge on any atom is 0.410 e. The molecule has 0 spiro atoms. The lowest BCUT2D eigenvalue weighted by Gasteiger charge is -2.33. The lowest BCUT2D eigenvalue weighted by atomic mass is 9.94. The molecule has 31 heavy (non-hydrogen) atoms. The van der Waals surface area contributed by atoms with Crippen molar-refractivity contribution >= 4 is 12.0 Å². The first-order chi connectivity index (χ1) is 14.8. The van der Waals surface area contributed by atoms with Crippen LogP contribution in [0.4, 0.5) is 4.79 Å². The molecule has 1 unspecified atom stereocenters. The second-order valence-electron chi connectivity index (χ2n) is 8.84. The number of pyridine rings is 1. The number of carbonyl (C=O) groups excluding carboxylic acids is 2. The van der Waals surface area contributed by atoms with Crippen LogP contribution in [0.1, 0.15) is 56.5 Å². The van der Waals surface area contributed by atoms with Crippen molar-refractivity contribution in [1.82, 2.24) is 15.2 Å². The quantitative estimate of drug-likeness (QED) is 0.766. The molecule has 1 aromatic carbocycles. The number of nitrogens with zero attached hydrogens (tertiary/aromatic N) is 2. The Labute approximate surface area is 183 Å². The van der Waals surface area contributed by atoms with Gasteiger partial charge < -0.3 is 20.1 Å². The van der Waals surface area contributed by atoms with Crippen LogP contribution in [-0.4, -0.2) is 45.7 Å². The van der Waals surface area contributed by atoms with Crippen molar-refractivity contribution in [2.24, 2.45) is 5.92 Å². The van der Waals surface area contributed by atoms with E-state index >= 15 is 0 Å². The molecule has 2 amide bonds. The largest absolute Gasteiger partial charge is 0.444 e. The van der Waals surface area contributed by atoms with Gasteiger partial charge in [0.2, 0.25) is 5.91 Å². The number of likely N-dealkylation sites (tertiary alicyclic amines) is 1. The number of aromatic nitrogens is 1. The van der Waals surface area contributed by atoms with Gasteiger partial charge in [-0.2, -0.15) is 0 Å². The van der Waals surface area contributed by atoms with Crippen molar-refractivity contribution in [3.8, 4) is 0 Å². The van der Waals surface area contributed by atoms with Crippen molar-refractivity contribution in [3.63, 3.8) is 0 Å². The molecule has 1 fully saturated rings. The van der Waals surface area contributed by atoms with Gasteiger partial charge in [0.1, 0.15) is 5.60 Å². The molecule has 3 rings (SSSR count). The van der Waals surface area contributed by atoms with E-state index in [1.165, 1.54) is 0 Å². The van der Waals surface area contributed by atoms with Crippen molar-refractivity contribution in [2.75, 3.05) is 13.1 Å². The molecule has 2 aromatic rings. The number of hydrogen-bond acceptors (Lipinski definition) is 5. The average molecular weight is 426 g/mol. The number of aliphatic hydroxyl groups is 1. The Balaban J connectivity index is 1.68. The van der Waals surface area contributed by atoms with Crippen LogP contribution in [0, 0.1) is 5.92 Å². The topological polar surface area (TPSA) is 91.8 Å². The van der Waals surface area contributed by atoms with Crippen molar-refractivity contribution in [1.29, 1.82) is 0 Å². The number of carbonyl (C=O) groups is 2. The van der Waals surface area contributed by atoms with Crippen molar-refractivity contribution in [3.05, 3.63) is 65.5 Å². The van der Waals surface area contributed by atoms with Crippen LogP contribution in [0.5, 0.6) is 0 Å². The number of nitrogens with one attached hydrogen (secondary N) is 1.